The van der Waals surface area contributed by atoms with Crippen LogP contribution in [0, 0.1) is 12.3 Å². The number of hydrogen-bond donors (Lipinski definition) is 1. The second-order valence-corrected chi connectivity index (χ2v) is 6.01. The monoisotopic (exact) mass is 237 g/mol. The number of furan rings is 1. The van der Waals surface area contributed by atoms with Gasteiger partial charge >= 0.3 is 0 Å². The van der Waals surface area contributed by atoms with Crippen LogP contribution < -0.4 is 5.32 Å². The summed E-state index contributed by atoms with van der Waals surface area (Å²) in [6.07, 6.45) is 3.65. The van der Waals surface area contributed by atoms with Crippen LogP contribution in [0.3, 0.4) is 0 Å². The molecule has 1 aromatic heterocycles. The number of nitrogens with one attached hydrogen (secondary N) is 1. The zero-order chi connectivity index (χ0) is 12.9. The lowest BCUT2D eigenvalue weighted by molar-refractivity contribution is 0.327. The molecule has 2 nitrogen and oxygen atoms in total. The highest BCUT2D eigenvalue weighted by atomic mass is 16.3. The molecule has 0 saturated heterocycles. The molecule has 0 amide bonds. The lowest BCUT2D eigenvalue weighted by Crippen LogP contribution is -2.21. The molecule has 1 unspecified atom stereocenters. The van der Waals surface area contributed by atoms with Gasteiger partial charge in [-0.25, -0.2) is 0 Å². The lowest BCUT2D eigenvalue weighted by Gasteiger charge is -2.20. The van der Waals surface area contributed by atoms with Gasteiger partial charge < -0.3 is 9.73 Å². The van der Waals surface area contributed by atoms with Gasteiger partial charge in [0.25, 0.3) is 0 Å². The van der Waals surface area contributed by atoms with Crippen molar-refractivity contribution in [3.8, 4) is 0 Å². The maximum Gasteiger partial charge on any atom is 0.121 e. The number of aryl methyl sites for hydroxylation is 1. The Morgan fingerprint density at radius 2 is 2.00 bits per heavy atom. The van der Waals surface area contributed by atoms with Crippen molar-refractivity contribution in [2.24, 2.45) is 5.41 Å². The smallest absolute Gasteiger partial charge is 0.121 e. The molecular formula is C15H27NO. The van der Waals surface area contributed by atoms with E-state index in [1.54, 1.807) is 0 Å². The fourth-order valence-electron chi connectivity index (χ4n) is 2.07. The fourth-order valence-corrected chi connectivity index (χ4v) is 2.07. The highest BCUT2D eigenvalue weighted by Gasteiger charge is 2.16. The van der Waals surface area contributed by atoms with Gasteiger partial charge in [0, 0.05) is 0 Å². The van der Waals surface area contributed by atoms with E-state index in [2.05, 4.69) is 39.1 Å². The van der Waals surface area contributed by atoms with Crippen molar-refractivity contribution < 1.29 is 4.42 Å². The van der Waals surface area contributed by atoms with Gasteiger partial charge in [-0.1, -0.05) is 34.1 Å². The molecule has 1 aromatic rings. The first-order valence-corrected chi connectivity index (χ1v) is 6.72. The number of rotatable bonds is 6. The van der Waals surface area contributed by atoms with E-state index >= 15 is 0 Å². The Bertz CT molecular complexity index is 322. The Labute approximate surface area is 106 Å². The van der Waals surface area contributed by atoms with Gasteiger partial charge in [-0.15, -0.1) is 0 Å². The molecule has 0 aromatic carbocycles. The van der Waals surface area contributed by atoms with Crippen molar-refractivity contribution in [3.05, 3.63) is 23.7 Å². The predicted molar refractivity (Wildman–Crippen MR) is 73.2 cm³/mol. The van der Waals surface area contributed by atoms with Gasteiger partial charge in [-0.3, -0.25) is 0 Å². The second-order valence-electron chi connectivity index (χ2n) is 6.01. The second kappa shape index (κ2) is 6.25. The van der Waals surface area contributed by atoms with E-state index in [4.69, 9.17) is 4.42 Å². The van der Waals surface area contributed by atoms with E-state index in [0.29, 0.717) is 11.5 Å². The lowest BCUT2D eigenvalue weighted by atomic mass is 9.89. The quantitative estimate of drug-likeness (QED) is 0.790. The minimum atomic E-state index is 0.371. The molecule has 0 aliphatic heterocycles. The molecule has 1 rings (SSSR count). The molecule has 0 fully saturated rings. The van der Waals surface area contributed by atoms with Crippen LogP contribution in [0.25, 0.3) is 0 Å². The number of hydrogen-bond acceptors (Lipinski definition) is 2. The van der Waals surface area contributed by atoms with Crippen molar-refractivity contribution in [2.75, 3.05) is 6.54 Å². The Kier molecular flexibility index (Phi) is 5.26. The van der Waals surface area contributed by atoms with Crippen LogP contribution in [-0.4, -0.2) is 6.54 Å². The molecule has 0 saturated carbocycles. The Morgan fingerprint density at radius 3 is 2.47 bits per heavy atom. The van der Waals surface area contributed by atoms with Crippen LogP contribution in [0.1, 0.15) is 64.5 Å². The molecule has 98 valence electrons. The van der Waals surface area contributed by atoms with Gasteiger partial charge in [0.05, 0.1) is 6.04 Å². The van der Waals surface area contributed by atoms with E-state index in [1.807, 2.05) is 13.0 Å². The van der Waals surface area contributed by atoms with Crippen LogP contribution in [0.15, 0.2) is 16.5 Å². The van der Waals surface area contributed by atoms with Crippen LogP contribution >= 0.6 is 0 Å². The van der Waals surface area contributed by atoms with Crippen molar-refractivity contribution in [3.63, 3.8) is 0 Å². The van der Waals surface area contributed by atoms with Crippen molar-refractivity contribution >= 4 is 0 Å². The van der Waals surface area contributed by atoms with Crippen LogP contribution in [0.5, 0.6) is 0 Å². The topological polar surface area (TPSA) is 25.2 Å². The molecule has 2 heteroatoms. The third-order valence-electron chi connectivity index (χ3n) is 2.97. The zero-order valence-electron chi connectivity index (χ0n) is 12.0. The molecule has 1 heterocycles. The van der Waals surface area contributed by atoms with Crippen LogP contribution in [0.2, 0.25) is 0 Å². The summed E-state index contributed by atoms with van der Waals surface area (Å²) in [4.78, 5) is 0. The van der Waals surface area contributed by atoms with E-state index in [1.165, 1.54) is 12.8 Å². The fraction of sp³-hybridized carbons (Fsp3) is 0.733. The summed E-state index contributed by atoms with van der Waals surface area (Å²) in [5, 5.41) is 3.50. The molecule has 0 aliphatic carbocycles. The first kappa shape index (κ1) is 14.3. The average Bonchev–Trinajstić information content (AvgIpc) is 2.62. The van der Waals surface area contributed by atoms with E-state index in [9.17, 15) is 0 Å². The Hall–Kier alpha value is -0.760. The molecule has 1 N–H and O–H groups in total. The van der Waals surface area contributed by atoms with E-state index in [-0.39, 0.29) is 0 Å². The van der Waals surface area contributed by atoms with Crippen molar-refractivity contribution in [1.82, 2.24) is 5.32 Å². The summed E-state index contributed by atoms with van der Waals surface area (Å²) in [5.74, 6) is 2.08. The minimum absolute atomic E-state index is 0.371. The maximum absolute atomic E-state index is 5.72. The van der Waals surface area contributed by atoms with Crippen LogP contribution in [0.4, 0.5) is 0 Å². The summed E-state index contributed by atoms with van der Waals surface area (Å²) in [7, 11) is 0. The van der Waals surface area contributed by atoms with Gasteiger partial charge in [0.15, 0.2) is 0 Å². The normalized spacial score (nSPS) is 13.9. The van der Waals surface area contributed by atoms with Gasteiger partial charge in [0.2, 0.25) is 0 Å². The molecule has 1 atom stereocenters. The first-order valence-electron chi connectivity index (χ1n) is 6.72. The molecule has 0 spiro atoms. The third kappa shape index (κ3) is 5.40. The summed E-state index contributed by atoms with van der Waals surface area (Å²) < 4.78 is 5.72. The Balaban J connectivity index is 2.49. The maximum atomic E-state index is 5.72. The molecule has 0 bridgehead atoms. The molecule has 0 aliphatic rings. The summed E-state index contributed by atoms with van der Waals surface area (Å²) in [5.41, 5.74) is 0.426. The Morgan fingerprint density at radius 1 is 1.29 bits per heavy atom. The SMILES string of the molecule is CCNC(CCCC(C)(C)C)c1ccc(C)o1. The molecule has 17 heavy (non-hydrogen) atoms. The zero-order valence-corrected chi connectivity index (χ0v) is 12.0. The van der Waals surface area contributed by atoms with Crippen molar-refractivity contribution in [1.29, 1.82) is 0 Å². The van der Waals surface area contributed by atoms with Crippen LogP contribution in [-0.2, 0) is 0 Å². The minimum Gasteiger partial charge on any atom is -0.465 e. The van der Waals surface area contributed by atoms with Crippen molar-refractivity contribution in [2.45, 2.75) is 59.9 Å². The van der Waals surface area contributed by atoms with Gasteiger partial charge in [-0.05, 0) is 43.9 Å². The summed E-state index contributed by atoms with van der Waals surface area (Å²) >= 11 is 0. The standard InChI is InChI=1S/C15H27NO/c1-6-16-13(8-7-11-15(3,4)5)14-10-9-12(2)17-14/h9-10,13,16H,6-8,11H2,1-5H3. The highest BCUT2D eigenvalue weighted by molar-refractivity contribution is 5.09. The molecule has 0 radical (unpaired) electrons. The summed E-state index contributed by atoms with van der Waals surface area (Å²) in [6.45, 7) is 12.0. The third-order valence-corrected chi connectivity index (χ3v) is 2.97. The molecular weight excluding hydrogens is 210 g/mol. The van der Waals surface area contributed by atoms with Gasteiger partial charge in [-0.2, -0.15) is 0 Å². The first-order chi connectivity index (χ1) is 7.92. The summed E-state index contributed by atoms with van der Waals surface area (Å²) in [6, 6.07) is 4.51. The predicted octanol–water partition coefficient (Wildman–Crippen LogP) is 4.46. The largest absolute Gasteiger partial charge is 0.465 e. The van der Waals surface area contributed by atoms with E-state index < -0.39 is 0 Å². The average molecular weight is 237 g/mol. The van der Waals surface area contributed by atoms with E-state index in [0.717, 1.165) is 24.5 Å². The van der Waals surface area contributed by atoms with Gasteiger partial charge in [0.1, 0.15) is 11.5 Å². The highest BCUT2D eigenvalue weighted by Crippen LogP contribution is 2.26.